The van der Waals surface area contributed by atoms with Crippen molar-refractivity contribution in [1.29, 1.82) is 21.0 Å². The zero-order chi connectivity index (χ0) is 91.8. The number of rotatable bonds is 20. The molecular formula is C91H95ClF2N12O19S. The molecule has 0 unspecified atom stereocenters. The second-order valence-corrected chi connectivity index (χ2v) is 34.3. The fourth-order valence-electron chi connectivity index (χ4n) is 13.6. The minimum absolute atomic E-state index is 0.0290. The number of aliphatic hydroxyl groups excluding tert-OH is 3. The molecule has 7 heterocycles. The number of nitro groups is 4. The summed E-state index contributed by atoms with van der Waals surface area (Å²) in [7, 11) is 1.31. The van der Waals surface area contributed by atoms with Gasteiger partial charge in [0.15, 0.2) is 17.4 Å². The second kappa shape index (κ2) is 44.2. The Morgan fingerprint density at radius 2 is 0.762 bits per heavy atom. The van der Waals surface area contributed by atoms with Gasteiger partial charge in [-0.2, -0.15) is 21.0 Å². The number of aromatic amines is 1. The maximum absolute atomic E-state index is 13.0. The SMILES string of the molecule is CC1(C)OCC(CO)CO1.CC1(C)OCC(Cn2cc(-c3cccc(C#N)c3)c3ccc([N+](=O)[O-])cc32)CO1.CCC1COC(C)(C)OC1.CS(=O)(=O)Cl.N#Cc1cccc(-c2c[nH]c3cc([N+](=O)[O-])ccc23)c1.N#Cc1cccc(-c2cn(CC(CF)CF)c3cc([N+](=O)[O-])ccc23)c1.N#Cc1cccc(-c2cn(CC(CO)CO)c3cc([N+](=O)[O-])ccc23)c1. The number of aliphatic hydroxyl groups is 3. The predicted molar refractivity (Wildman–Crippen MR) is 471 cm³/mol. The summed E-state index contributed by atoms with van der Waals surface area (Å²) in [5.41, 5.74) is 11.6. The number of nitrogens with zero attached hydrogens (tertiary/aromatic N) is 11. The standard InChI is InChI=1S/C22H21N3O4.C19H15F2N3O2.C19H17N3O4.C15H9N3O2.C8H16O2.C7H14O3.CH3ClO2S/c1-22(2)28-13-16(14-29-22)11-24-12-20(17-5-3-4-15(8-17)10-23)19-7-6-18(25(26)27)9-21(19)24;20-8-14(9-21)11-23-12-18(15-3-1-2-13(6-15)10-22)17-5-4-16(24(25)26)7-19(17)23;20-8-13-2-1-3-15(6-13)18-10-21(9-14(11-23)12-24)19-7-16(22(25)26)4-5-17(18)19;16-8-10-2-1-3-11(6-10)14-9-17-15-7-12(18(19)20)4-5-13(14)15;1-4-7-5-9-8(2,3)10-6-7;1-7(2)9-4-6(3-8)5-10-7;1-5(2,3)4/h3-9,12,16H,11,13-14H2,1-2H3;1-7,12,14H,8-9,11H2;1-7,10,14,23-24H,9,11-12H2;1-7,9,17H;7H,4-6H2,1-3H3;6,8H,3-5H2,1-2H3;1H3. The molecule has 0 amide bonds. The fourth-order valence-corrected chi connectivity index (χ4v) is 13.6. The number of nitrogens with one attached hydrogen (secondary N) is 1. The van der Waals surface area contributed by atoms with Crippen LogP contribution in [0.3, 0.4) is 0 Å². The van der Waals surface area contributed by atoms with Gasteiger partial charge in [-0.3, -0.25) is 49.2 Å². The molecule has 3 aliphatic rings. The van der Waals surface area contributed by atoms with E-state index in [1.165, 1.54) is 42.5 Å². The van der Waals surface area contributed by atoms with Crippen LogP contribution in [0, 0.1) is 115 Å². The summed E-state index contributed by atoms with van der Waals surface area (Å²) in [6.07, 6.45) is 9.42. The Labute approximate surface area is 729 Å². The molecule has 660 valence electrons. The minimum atomic E-state index is -3.19. The number of fused-ring (bicyclic) bond motifs is 4. The summed E-state index contributed by atoms with van der Waals surface area (Å²) in [6, 6.07) is 55.8. The number of ether oxygens (including phenoxy) is 6. The lowest BCUT2D eigenvalue weighted by Crippen LogP contribution is -2.40. The number of H-pyrrole nitrogens is 1. The lowest BCUT2D eigenvalue weighted by atomic mass is 10.0. The van der Waals surface area contributed by atoms with E-state index in [0.29, 0.717) is 84.2 Å². The largest absolute Gasteiger partial charge is 0.396 e. The summed E-state index contributed by atoms with van der Waals surface area (Å²) < 4.78 is 83.2. The number of halogens is 3. The molecule has 3 saturated heterocycles. The Balaban J connectivity index is 0.000000175. The highest BCUT2D eigenvalue weighted by molar-refractivity contribution is 8.13. The molecule has 3 aliphatic heterocycles. The first-order valence-corrected chi connectivity index (χ1v) is 42.5. The van der Waals surface area contributed by atoms with Crippen LogP contribution in [0.1, 0.15) is 77.1 Å². The van der Waals surface area contributed by atoms with Crippen molar-refractivity contribution in [2.75, 3.05) is 79.1 Å². The molecule has 35 heteroatoms. The van der Waals surface area contributed by atoms with E-state index in [1.807, 2.05) is 101 Å². The van der Waals surface area contributed by atoms with Gasteiger partial charge in [-0.05, 0) is 143 Å². The van der Waals surface area contributed by atoms with Crippen LogP contribution < -0.4 is 0 Å². The average Bonchev–Trinajstić information content (AvgIpc) is 1.63. The highest BCUT2D eigenvalue weighted by atomic mass is 35.7. The predicted octanol–water partition coefficient (Wildman–Crippen LogP) is 17.8. The molecule has 4 N–H and O–H groups in total. The number of benzene rings is 8. The van der Waals surface area contributed by atoms with Crippen LogP contribution in [0.2, 0.25) is 0 Å². The summed E-state index contributed by atoms with van der Waals surface area (Å²) >= 11 is 0. The van der Waals surface area contributed by atoms with Gasteiger partial charge in [0.25, 0.3) is 22.7 Å². The topological polar surface area (TPSA) is 449 Å². The van der Waals surface area contributed by atoms with E-state index in [4.69, 9.17) is 49.3 Å². The average molecular weight is 1770 g/mol. The molecule has 126 heavy (non-hydrogen) atoms. The third-order valence-corrected chi connectivity index (χ3v) is 20.5. The smallest absolute Gasteiger partial charge is 0.271 e. The normalized spacial score (nSPS) is 14.7. The Kier molecular flexibility index (Phi) is 34.0. The van der Waals surface area contributed by atoms with Crippen LogP contribution in [0.15, 0.2) is 195 Å². The molecule has 0 bridgehead atoms. The van der Waals surface area contributed by atoms with Crippen LogP contribution in [0.5, 0.6) is 0 Å². The van der Waals surface area contributed by atoms with Gasteiger partial charge in [-0.25, -0.2) is 8.42 Å². The van der Waals surface area contributed by atoms with Crippen LogP contribution in [-0.4, -0.2) is 159 Å². The maximum Gasteiger partial charge on any atom is 0.271 e. The Hall–Kier alpha value is -12.8. The lowest BCUT2D eigenvalue weighted by Gasteiger charge is -2.35. The van der Waals surface area contributed by atoms with E-state index in [9.17, 15) is 73.1 Å². The third-order valence-electron chi connectivity index (χ3n) is 20.5. The monoisotopic (exact) mass is 1760 g/mol. The van der Waals surface area contributed by atoms with Crippen molar-refractivity contribution in [3.8, 4) is 68.8 Å². The molecule has 0 saturated carbocycles. The number of nitro benzene ring substituents is 4. The first-order valence-electron chi connectivity index (χ1n) is 39.7. The van der Waals surface area contributed by atoms with E-state index in [0.717, 1.165) is 97.5 Å². The molecule has 31 nitrogen and oxygen atoms in total. The molecule has 12 aromatic rings. The van der Waals surface area contributed by atoms with Gasteiger partial charge in [-0.15, -0.1) is 0 Å². The van der Waals surface area contributed by atoms with Crippen molar-refractivity contribution in [2.24, 2.45) is 29.6 Å². The van der Waals surface area contributed by atoms with Gasteiger partial charge in [0.05, 0.1) is 154 Å². The quantitative estimate of drug-likeness (QED) is 0.0313. The Bertz CT molecular complexity index is 5930. The number of aromatic nitrogens is 4. The Morgan fingerprint density at radius 1 is 0.460 bits per heavy atom. The first-order chi connectivity index (χ1) is 60.0. The fraction of sp³-hybridized carbons (Fsp3) is 0.341. The molecule has 15 rings (SSSR count). The third kappa shape index (κ3) is 26.9. The van der Waals surface area contributed by atoms with Gasteiger partial charge in [0.2, 0.25) is 9.05 Å². The number of non-ortho nitro benzene ring substituents is 4. The summed E-state index contributed by atoms with van der Waals surface area (Å²) in [5.74, 6) is -1.67. The molecule has 0 atom stereocenters. The van der Waals surface area contributed by atoms with E-state index < -0.39 is 54.7 Å². The number of nitriles is 4. The van der Waals surface area contributed by atoms with Crippen LogP contribution in [0.4, 0.5) is 31.5 Å². The van der Waals surface area contributed by atoms with Gasteiger partial charge < -0.3 is 62.4 Å². The van der Waals surface area contributed by atoms with Gasteiger partial charge >= 0.3 is 0 Å². The van der Waals surface area contributed by atoms with E-state index >= 15 is 0 Å². The van der Waals surface area contributed by atoms with Gasteiger partial charge in [0, 0.05) is 190 Å². The minimum Gasteiger partial charge on any atom is -0.396 e. The molecule has 0 aliphatic carbocycles. The van der Waals surface area contributed by atoms with Gasteiger partial charge in [-0.1, -0.05) is 55.5 Å². The van der Waals surface area contributed by atoms with E-state index in [1.54, 1.807) is 106 Å². The number of hydrogen-bond acceptors (Lipinski definition) is 23. The van der Waals surface area contributed by atoms with Crippen LogP contribution >= 0.6 is 10.7 Å². The summed E-state index contributed by atoms with van der Waals surface area (Å²) in [4.78, 5) is 45.5. The van der Waals surface area contributed by atoms with Crippen molar-refractivity contribution in [3.05, 3.63) is 257 Å². The van der Waals surface area contributed by atoms with E-state index in [2.05, 4.69) is 46.9 Å². The van der Waals surface area contributed by atoms with Crippen molar-refractivity contribution < 1.29 is 80.6 Å². The van der Waals surface area contributed by atoms with Crippen molar-refractivity contribution >= 4 is 86.1 Å². The second-order valence-electron chi connectivity index (χ2n) is 31.3. The van der Waals surface area contributed by atoms with Crippen LogP contribution in [0.25, 0.3) is 88.1 Å². The zero-order valence-electron chi connectivity index (χ0n) is 70.3. The summed E-state index contributed by atoms with van der Waals surface area (Å²) in [5, 5.41) is 111. The molecular weight excluding hydrogens is 1670 g/mol. The van der Waals surface area contributed by atoms with Crippen molar-refractivity contribution in [1.82, 2.24) is 18.7 Å². The maximum atomic E-state index is 13.0. The molecule has 3 fully saturated rings. The zero-order valence-corrected chi connectivity index (χ0v) is 71.9. The van der Waals surface area contributed by atoms with E-state index in [-0.39, 0.29) is 77.6 Å². The Morgan fingerprint density at radius 3 is 1.08 bits per heavy atom. The first kappa shape index (κ1) is 97.0. The lowest BCUT2D eigenvalue weighted by molar-refractivity contribution is -0.384. The molecule has 4 aromatic heterocycles. The highest BCUT2D eigenvalue weighted by Gasteiger charge is 2.32. The molecule has 0 radical (unpaired) electrons. The molecule has 0 spiro atoms. The highest BCUT2D eigenvalue weighted by Crippen LogP contribution is 2.39. The van der Waals surface area contributed by atoms with Crippen molar-refractivity contribution in [3.63, 3.8) is 0 Å². The summed E-state index contributed by atoms with van der Waals surface area (Å²) in [6.45, 7) is 16.8. The van der Waals surface area contributed by atoms with Gasteiger partial charge in [0.1, 0.15) is 0 Å². The number of alkyl halides is 2. The number of hydrogen-bond donors (Lipinski definition) is 4. The van der Waals surface area contributed by atoms with Crippen molar-refractivity contribution in [2.45, 2.75) is 91.9 Å². The van der Waals surface area contributed by atoms with Crippen LogP contribution in [-0.2, 0) is 57.1 Å². The molecule has 8 aromatic carbocycles.